The molecule has 0 bridgehead atoms. The fraction of sp³-hybridized carbons (Fsp3) is 0.250. The average molecular weight is 383 g/mol. The lowest BCUT2D eigenvalue weighted by Crippen LogP contribution is -1.96. The zero-order valence-electron chi connectivity index (χ0n) is 14.9. The van der Waals surface area contributed by atoms with Gasteiger partial charge in [-0.05, 0) is 59.1 Å². The highest BCUT2D eigenvalue weighted by atomic mass is 35.5. The van der Waals surface area contributed by atoms with Gasteiger partial charge in [0.15, 0.2) is 0 Å². The molecule has 0 unspecified atom stereocenters. The van der Waals surface area contributed by atoms with Crippen LogP contribution in [0.3, 0.4) is 0 Å². The number of rotatable bonds is 8. The van der Waals surface area contributed by atoms with Crippen LogP contribution in [0.1, 0.15) is 33.4 Å². The second-order valence-electron chi connectivity index (χ2n) is 6.73. The van der Waals surface area contributed by atoms with Crippen molar-refractivity contribution in [2.45, 2.75) is 37.4 Å². The Morgan fingerprint density at radius 2 is 0.692 bits per heavy atom. The van der Waals surface area contributed by atoms with Gasteiger partial charge in [0.05, 0.1) is 0 Å². The van der Waals surface area contributed by atoms with Crippen LogP contribution in [0, 0.1) is 0 Å². The van der Waals surface area contributed by atoms with Gasteiger partial charge in [-0.1, -0.05) is 72.8 Å². The molecule has 2 heteroatoms. The van der Waals surface area contributed by atoms with Crippen LogP contribution in [0.15, 0.2) is 72.8 Å². The van der Waals surface area contributed by atoms with Gasteiger partial charge in [-0.15, -0.1) is 23.2 Å². The van der Waals surface area contributed by atoms with Crippen LogP contribution < -0.4 is 0 Å². The van der Waals surface area contributed by atoms with Crippen molar-refractivity contribution in [2.24, 2.45) is 0 Å². The highest BCUT2D eigenvalue weighted by Gasteiger charge is 2.01. The molecule has 26 heavy (non-hydrogen) atoms. The Bertz CT molecular complexity index is 772. The summed E-state index contributed by atoms with van der Waals surface area (Å²) >= 11 is 11.9. The number of hydrogen-bond donors (Lipinski definition) is 0. The van der Waals surface area contributed by atoms with Gasteiger partial charge in [0, 0.05) is 11.8 Å². The van der Waals surface area contributed by atoms with Crippen molar-refractivity contribution in [1.82, 2.24) is 0 Å². The molecule has 134 valence electrons. The number of halogens is 2. The molecule has 0 heterocycles. The Hall–Kier alpha value is -1.76. The van der Waals surface area contributed by atoms with E-state index in [4.69, 9.17) is 23.2 Å². The number of alkyl halides is 2. The molecular weight excluding hydrogens is 359 g/mol. The smallest absolute Gasteiger partial charge is 0.0474 e. The second kappa shape index (κ2) is 9.80. The van der Waals surface area contributed by atoms with Crippen LogP contribution in [-0.2, 0) is 37.4 Å². The molecule has 0 spiro atoms. The largest absolute Gasteiger partial charge is 0.122 e. The molecule has 0 nitrogen and oxygen atoms in total. The SMILES string of the molecule is ClCc1cccc(CCc2cccc(CCc3cccc(CCl)c3)c2)c1. The summed E-state index contributed by atoms with van der Waals surface area (Å²) in [6.07, 6.45) is 4.21. The van der Waals surface area contributed by atoms with Crippen molar-refractivity contribution in [2.75, 3.05) is 0 Å². The van der Waals surface area contributed by atoms with Crippen molar-refractivity contribution in [3.8, 4) is 0 Å². The molecular formula is C24H24Cl2. The predicted octanol–water partition coefficient (Wildman–Crippen LogP) is 6.73. The van der Waals surface area contributed by atoms with Crippen LogP contribution in [0.2, 0.25) is 0 Å². The molecule has 0 amide bonds. The summed E-state index contributed by atoms with van der Waals surface area (Å²) in [5.74, 6) is 1.16. The zero-order chi connectivity index (χ0) is 18.2. The van der Waals surface area contributed by atoms with E-state index in [1.807, 2.05) is 0 Å². The van der Waals surface area contributed by atoms with E-state index < -0.39 is 0 Å². The minimum Gasteiger partial charge on any atom is -0.122 e. The molecule has 3 rings (SSSR count). The van der Waals surface area contributed by atoms with E-state index in [1.165, 1.54) is 33.4 Å². The number of aryl methyl sites for hydroxylation is 4. The van der Waals surface area contributed by atoms with Gasteiger partial charge < -0.3 is 0 Å². The lowest BCUT2D eigenvalue weighted by molar-refractivity contribution is 0.928. The maximum Gasteiger partial charge on any atom is 0.0474 e. The van der Waals surface area contributed by atoms with Crippen molar-refractivity contribution in [3.63, 3.8) is 0 Å². The first-order chi connectivity index (χ1) is 12.8. The number of hydrogen-bond acceptors (Lipinski definition) is 0. The van der Waals surface area contributed by atoms with E-state index in [9.17, 15) is 0 Å². The van der Waals surface area contributed by atoms with Crippen LogP contribution in [0.25, 0.3) is 0 Å². The van der Waals surface area contributed by atoms with Crippen LogP contribution in [0.4, 0.5) is 0 Å². The third kappa shape index (κ3) is 5.62. The Balaban J connectivity index is 1.58. The summed E-state index contributed by atoms with van der Waals surface area (Å²) in [5, 5.41) is 0. The van der Waals surface area contributed by atoms with Crippen LogP contribution in [0.5, 0.6) is 0 Å². The Morgan fingerprint density at radius 1 is 0.423 bits per heavy atom. The Morgan fingerprint density at radius 3 is 1.00 bits per heavy atom. The predicted molar refractivity (Wildman–Crippen MR) is 113 cm³/mol. The summed E-state index contributed by atoms with van der Waals surface area (Å²) in [6.45, 7) is 0. The maximum absolute atomic E-state index is 5.93. The highest BCUT2D eigenvalue weighted by Crippen LogP contribution is 2.15. The van der Waals surface area contributed by atoms with E-state index in [0.717, 1.165) is 25.7 Å². The molecule has 0 radical (unpaired) electrons. The van der Waals surface area contributed by atoms with E-state index >= 15 is 0 Å². The molecule has 0 aromatic heterocycles. The molecule has 3 aromatic rings. The Kier molecular flexibility index (Phi) is 7.17. The first-order valence-electron chi connectivity index (χ1n) is 9.12. The third-order valence-corrected chi connectivity index (χ3v) is 5.30. The van der Waals surface area contributed by atoms with Crippen molar-refractivity contribution < 1.29 is 0 Å². The average Bonchev–Trinajstić information content (AvgIpc) is 2.71. The molecule has 0 aliphatic rings. The summed E-state index contributed by atoms with van der Waals surface area (Å²) in [7, 11) is 0. The van der Waals surface area contributed by atoms with E-state index in [0.29, 0.717) is 11.8 Å². The minimum atomic E-state index is 0.578. The first-order valence-corrected chi connectivity index (χ1v) is 10.2. The quantitative estimate of drug-likeness (QED) is 0.378. The van der Waals surface area contributed by atoms with Gasteiger partial charge in [-0.3, -0.25) is 0 Å². The highest BCUT2D eigenvalue weighted by molar-refractivity contribution is 6.17. The van der Waals surface area contributed by atoms with E-state index in [1.54, 1.807) is 0 Å². The molecule has 0 N–H and O–H groups in total. The zero-order valence-corrected chi connectivity index (χ0v) is 16.4. The van der Waals surface area contributed by atoms with Crippen molar-refractivity contribution in [1.29, 1.82) is 0 Å². The van der Waals surface area contributed by atoms with Gasteiger partial charge in [0.2, 0.25) is 0 Å². The fourth-order valence-corrected chi connectivity index (χ4v) is 3.59. The summed E-state index contributed by atoms with van der Waals surface area (Å²) in [5.41, 5.74) is 7.88. The molecule has 0 aliphatic heterocycles. The van der Waals surface area contributed by atoms with E-state index in [-0.39, 0.29) is 0 Å². The molecule has 3 aromatic carbocycles. The molecule has 0 atom stereocenters. The molecule has 0 saturated heterocycles. The number of benzene rings is 3. The first kappa shape index (κ1) is 19.0. The lowest BCUT2D eigenvalue weighted by atomic mass is 9.98. The molecule has 0 saturated carbocycles. The van der Waals surface area contributed by atoms with Crippen LogP contribution >= 0.6 is 23.2 Å². The van der Waals surface area contributed by atoms with Crippen LogP contribution in [-0.4, -0.2) is 0 Å². The fourth-order valence-electron chi connectivity index (χ4n) is 3.25. The summed E-state index contributed by atoms with van der Waals surface area (Å²) < 4.78 is 0. The van der Waals surface area contributed by atoms with Crippen molar-refractivity contribution in [3.05, 3.63) is 106 Å². The summed E-state index contributed by atoms with van der Waals surface area (Å²) in [4.78, 5) is 0. The topological polar surface area (TPSA) is 0 Å². The normalized spacial score (nSPS) is 10.8. The minimum absolute atomic E-state index is 0.578. The van der Waals surface area contributed by atoms with Gasteiger partial charge in [0.25, 0.3) is 0 Å². The lowest BCUT2D eigenvalue weighted by Gasteiger charge is -2.08. The van der Waals surface area contributed by atoms with E-state index in [2.05, 4.69) is 72.8 Å². The summed E-state index contributed by atoms with van der Waals surface area (Å²) in [6, 6.07) is 26.1. The molecule has 0 aliphatic carbocycles. The maximum atomic E-state index is 5.93. The van der Waals surface area contributed by atoms with Gasteiger partial charge in [-0.25, -0.2) is 0 Å². The van der Waals surface area contributed by atoms with Gasteiger partial charge in [-0.2, -0.15) is 0 Å². The van der Waals surface area contributed by atoms with Gasteiger partial charge >= 0.3 is 0 Å². The second-order valence-corrected chi connectivity index (χ2v) is 7.26. The molecule has 0 fully saturated rings. The standard InChI is InChI=1S/C24H24Cl2/c25-17-23-8-2-6-21(15-23)12-10-19-4-1-5-20(14-19)11-13-22-7-3-9-24(16-22)18-26/h1-9,14-16H,10-13,17-18H2. The van der Waals surface area contributed by atoms with Gasteiger partial charge in [0.1, 0.15) is 0 Å². The Labute approximate surface area is 166 Å². The third-order valence-electron chi connectivity index (χ3n) is 4.69. The van der Waals surface area contributed by atoms with Crippen molar-refractivity contribution >= 4 is 23.2 Å². The monoisotopic (exact) mass is 382 g/mol.